The van der Waals surface area contributed by atoms with Gasteiger partial charge in [-0.3, -0.25) is 4.79 Å². The number of carbonyl (C=O) groups excluding carboxylic acids is 2. The average Bonchev–Trinajstić information content (AvgIpc) is 2.86. The van der Waals surface area contributed by atoms with E-state index in [2.05, 4.69) is 65.6 Å². The van der Waals surface area contributed by atoms with E-state index in [0.717, 1.165) is 8.04 Å². The van der Waals surface area contributed by atoms with Gasteiger partial charge in [0, 0.05) is 21.3 Å². The van der Waals surface area contributed by atoms with Crippen LogP contribution in [0.1, 0.15) is 31.0 Å². The Morgan fingerprint density at radius 2 is 2.08 bits per heavy atom. The number of terminal acetylenes is 1. The Labute approximate surface area is 248 Å². The van der Waals surface area contributed by atoms with Gasteiger partial charge in [0.25, 0.3) is 5.91 Å². The first kappa shape index (κ1) is 29.4. The standard InChI is InChI=1S/C26H24BrIN4O5S/c1-4-10-36-24-16(11-17(27)12-19(24)28)13-29-32-21(33)14-37-20-9-7-6-8-18(20)23-22(25(34)35-5-2)15(3)30-26(38)31-23/h1,6-9,11-13,23H,5,10,14H2,2-3H3,(H,32,33)(H2,30,31,38)/t23-/m1/s1. The molecule has 0 aliphatic carbocycles. The number of carbonyl (C=O) groups is 2. The first-order valence-corrected chi connectivity index (χ1v) is 13.6. The van der Waals surface area contributed by atoms with Crippen molar-refractivity contribution in [3.05, 3.63) is 66.8 Å². The number of hydrazone groups is 1. The van der Waals surface area contributed by atoms with Gasteiger partial charge in [-0.25, -0.2) is 10.2 Å². The highest BCUT2D eigenvalue weighted by Crippen LogP contribution is 2.33. The second-order valence-electron chi connectivity index (χ2n) is 7.71. The van der Waals surface area contributed by atoms with Gasteiger partial charge in [0.2, 0.25) is 0 Å². The second-order valence-corrected chi connectivity index (χ2v) is 10.2. The Morgan fingerprint density at radius 3 is 2.82 bits per heavy atom. The highest BCUT2D eigenvalue weighted by molar-refractivity contribution is 14.1. The van der Waals surface area contributed by atoms with Crippen LogP contribution in [0.3, 0.4) is 0 Å². The van der Waals surface area contributed by atoms with Crippen molar-refractivity contribution in [3.8, 4) is 23.8 Å². The van der Waals surface area contributed by atoms with E-state index in [4.69, 9.17) is 32.9 Å². The molecule has 3 N–H and O–H groups in total. The Morgan fingerprint density at radius 1 is 1.32 bits per heavy atom. The summed E-state index contributed by atoms with van der Waals surface area (Å²) in [5.74, 6) is 2.42. The van der Waals surface area contributed by atoms with Gasteiger partial charge in [-0.15, -0.1) is 6.42 Å². The highest BCUT2D eigenvalue weighted by Gasteiger charge is 2.32. The summed E-state index contributed by atoms with van der Waals surface area (Å²) in [7, 11) is 0. The second kappa shape index (κ2) is 14.1. The van der Waals surface area contributed by atoms with E-state index < -0.39 is 17.9 Å². The van der Waals surface area contributed by atoms with Crippen molar-refractivity contribution in [3.63, 3.8) is 0 Å². The van der Waals surface area contributed by atoms with Crippen LogP contribution in [0.2, 0.25) is 0 Å². The molecule has 0 spiro atoms. The molecule has 0 aromatic heterocycles. The van der Waals surface area contributed by atoms with Gasteiger partial charge in [-0.1, -0.05) is 40.0 Å². The molecule has 0 saturated carbocycles. The number of esters is 1. The van der Waals surface area contributed by atoms with Crippen LogP contribution in [0.4, 0.5) is 0 Å². The first-order chi connectivity index (χ1) is 18.2. The number of amides is 1. The molecule has 1 atom stereocenters. The summed E-state index contributed by atoms with van der Waals surface area (Å²) in [6, 6.07) is 10.1. The molecule has 1 aliphatic rings. The van der Waals surface area contributed by atoms with E-state index in [0.29, 0.717) is 39.0 Å². The maximum absolute atomic E-state index is 12.7. The zero-order valence-corrected chi connectivity index (χ0v) is 25.0. The van der Waals surface area contributed by atoms with Crippen LogP contribution in [0.5, 0.6) is 11.5 Å². The lowest BCUT2D eigenvalue weighted by Gasteiger charge is -2.30. The molecular formula is C26H24BrIN4O5S. The van der Waals surface area contributed by atoms with E-state index in [1.807, 2.05) is 6.07 Å². The molecule has 38 heavy (non-hydrogen) atoms. The van der Waals surface area contributed by atoms with E-state index in [1.165, 1.54) is 6.21 Å². The number of benzene rings is 2. The van der Waals surface area contributed by atoms with Crippen LogP contribution in [-0.4, -0.2) is 43.0 Å². The molecular weight excluding hydrogens is 687 g/mol. The molecule has 0 unspecified atom stereocenters. The molecule has 9 nitrogen and oxygen atoms in total. The molecule has 198 valence electrons. The number of nitrogens with zero attached hydrogens (tertiary/aromatic N) is 1. The predicted molar refractivity (Wildman–Crippen MR) is 160 cm³/mol. The minimum Gasteiger partial charge on any atom is -0.483 e. The lowest BCUT2D eigenvalue weighted by molar-refractivity contribution is -0.139. The third kappa shape index (κ3) is 7.68. The summed E-state index contributed by atoms with van der Waals surface area (Å²) >= 11 is 10.9. The molecule has 1 amide bonds. The molecule has 1 aliphatic heterocycles. The average molecular weight is 711 g/mol. The fourth-order valence-electron chi connectivity index (χ4n) is 3.55. The highest BCUT2D eigenvalue weighted by atomic mass is 127. The Bertz CT molecular complexity index is 1340. The monoisotopic (exact) mass is 710 g/mol. The fourth-order valence-corrected chi connectivity index (χ4v) is 5.53. The van der Waals surface area contributed by atoms with Crippen LogP contribution in [0.25, 0.3) is 0 Å². The Kier molecular flexibility index (Phi) is 10.9. The van der Waals surface area contributed by atoms with E-state index in [-0.39, 0.29) is 19.8 Å². The maximum atomic E-state index is 12.7. The molecule has 0 radical (unpaired) electrons. The van der Waals surface area contributed by atoms with Gasteiger partial charge in [-0.05, 0) is 66.9 Å². The lowest BCUT2D eigenvalue weighted by atomic mass is 9.95. The molecule has 2 aromatic carbocycles. The van der Waals surface area contributed by atoms with Crippen molar-refractivity contribution in [1.29, 1.82) is 0 Å². The van der Waals surface area contributed by atoms with Crippen molar-refractivity contribution in [1.82, 2.24) is 16.1 Å². The van der Waals surface area contributed by atoms with Crippen LogP contribution in [-0.2, 0) is 14.3 Å². The molecule has 0 bridgehead atoms. The van der Waals surface area contributed by atoms with Crippen LogP contribution in [0.15, 0.2) is 57.2 Å². The van der Waals surface area contributed by atoms with Crippen molar-refractivity contribution in [2.75, 3.05) is 19.8 Å². The smallest absolute Gasteiger partial charge is 0.338 e. The van der Waals surface area contributed by atoms with E-state index >= 15 is 0 Å². The molecule has 2 aromatic rings. The third-order valence-corrected chi connectivity index (χ3v) is 6.56. The van der Waals surface area contributed by atoms with Crippen LogP contribution in [0, 0.1) is 15.9 Å². The Balaban J connectivity index is 1.73. The van der Waals surface area contributed by atoms with Gasteiger partial charge in [0.05, 0.1) is 28.0 Å². The zero-order chi connectivity index (χ0) is 27.7. The number of allylic oxidation sites excluding steroid dienone is 1. The number of thiocarbonyl (C=S) groups is 1. The quantitative estimate of drug-likeness (QED) is 0.0850. The number of hydrogen-bond donors (Lipinski definition) is 3. The number of rotatable bonds is 10. The Hall–Kier alpha value is -3.15. The minimum atomic E-state index is -0.625. The van der Waals surface area contributed by atoms with Gasteiger partial charge in [0.15, 0.2) is 11.7 Å². The van der Waals surface area contributed by atoms with Gasteiger partial charge < -0.3 is 24.8 Å². The summed E-state index contributed by atoms with van der Waals surface area (Å²) < 4.78 is 18.3. The molecule has 1 heterocycles. The minimum absolute atomic E-state index is 0.0985. The number of nitrogens with one attached hydrogen (secondary N) is 3. The van der Waals surface area contributed by atoms with Crippen LogP contribution < -0.4 is 25.5 Å². The number of hydrogen-bond acceptors (Lipinski definition) is 7. The summed E-state index contributed by atoms with van der Waals surface area (Å²) in [4.78, 5) is 25.2. The number of halogens is 2. The van der Waals surface area contributed by atoms with Crippen molar-refractivity contribution in [2.45, 2.75) is 19.9 Å². The molecule has 0 fully saturated rings. The van der Waals surface area contributed by atoms with Gasteiger partial charge >= 0.3 is 5.97 Å². The largest absolute Gasteiger partial charge is 0.483 e. The summed E-state index contributed by atoms with van der Waals surface area (Å²) in [6.45, 7) is 3.48. The predicted octanol–water partition coefficient (Wildman–Crippen LogP) is 3.95. The normalized spacial score (nSPS) is 14.8. The van der Waals surface area contributed by atoms with E-state index in [1.54, 1.807) is 44.2 Å². The molecule has 0 saturated heterocycles. The third-order valence-electron chi connectivity index (χ3n) is 5.08. The van der Waals surface area contributed by atoms with E-state index in [9.17, 15) is 9.59 Å². The summed E-state index contributed by atoms with van der Waals surface area (Å²) in [5.41, 5.74) is 4.64. The molecule has 3 rings (SSSR count). The SMILES string of the molecule is C#CCOc1c(I)cc(Br)cc1C=NNC(=O)COc1ccccc1[C@H]1NC(=S)NC(C)=C1C(=O)OCC. The lowest BCUT2D eigenvalue weighted by Crippen LogP contribution is -2.45. The zero-order valence-electron chi connectivity index (χ0n) is 20.5. The fraction of sp³-hybridized carbons (Fsp3) is 0.231. The van der Waals surface area contributed by atoms with Crippen molar-refractivity contribution >= 4 is 73.9 Å². The summed E-state index contributed by atoms with van der Waals surface area (Å²) in [5, 5.41) is 10.4. The molecule has 12 heteroatoms. The van der Waals surface area contributed by atoms with Gasteiger partial charge in [-0.2, -0.15) is 5.10 Å². The number of ether oxygens (including phenoxy) is 3. The van der Waals surface area contributed by atoms with Crippen LogP contribution >= 0.6 is 50.7 Å². The van der Waals surface area contributed by atoms with Crippen molar-refractivity contribution in [2.24, 2.45) is 5.10 Å². The van der Waals surface area contributed by atoms with Crippen molar-refractivity contribution < 1.29 is 23.8 Å². The topological polar surface area (TPSA) is 110 Å². The number of para-hydroxylation sites is 1. The summed E-state index contributed by atoms with van der Waals surface area (Å²) in [6.07, 6.45) is 6.77. The van der Waals surface area contributed by atoms with Gasteiger partial charge in [0.1, 0.15) is 18.1 Å². The first-order valence-electron chi connectivity index (χ1n) is 11.3. The maximum Gasteiger partial charge on any atom is 0.338 e.